The number of nitrogens with zero attached hydrogens (tertiary/aromatic N) is 2. The second kappa shape index (κ2) is 17.0. The van der Waals surface area contributed by atoms with Crippen molar-refractivity contribution >= 4 is 45.4 Å². The number of hydrogen-bond donors (Lipinski definition) is 0. The molecule has 0 aliphatic heterocycles. The van der Waals surface area contributed by atoms with Crippen LogP contribution in [-0.4, -0.2) is 49.1 Å². The number of rotatable bonds is 15. The van der Waals surface area contributed by atoms with Gasteiger partial charge in [-0.25, -0.2) is 24.2 Å². The van der Waals surface area contributed by atoms with Crippen LogP contribution in [0.25, 0.3) is 20.8 Å². The second-order valence-corrected chi connectivity index (χ2v) is 11.3. The molecule has 0 saturated heterocycles. The maximum atomic E-state index is 13.2. The van der Waals surface area contributed by atoms with E-state index in [4.69, 9.17) is 33.4 Å². The van der Waals surface area contributed by atoms with Crippen molar-refractivity contribution in [1.29, 1.82) is 5.26 Å². The summed E-state index contributed by atoms with van der Waals surface area (Å²) < 4.78 is 32.3. The van der Waals surface area contributed by atoms with E-state index in [1.54, 1.807) is 48.5 Å². The summed E-state index contributed by atoms with van der Waals surface area (Å²) in [5, 5.41) is 9.85. The highest BCUT2D eigenvalue weighted by atomic mass is 32.1. The van der Waals surface area contributed by atoms with Gasteiger partial charge in [0.25, 0.3) is 0 Å². The van der Waals surface area contributed by atoms with Gasteiger partial charge >= 0.3 is 23.9 Å². The van der Waals surface area contributed by atoms with E-state index >= 15 is 0 Å². The number of hydrogen-bond acceptors (Lipinski definition) is 13. The van der Waals surface area contributed by atoms with Gasteiger partial charge in [-0.3, -0.25) is 0 Å². The molecule has 51 heavy (non-hydrogen) atoms. The molecule has 0 radical (unpaired) electrons. The molecule has 0 amide bonds. The van der Waals surface area contributed by atoms with E-state index in [1.807, 2.05) is 0 Å². The molecule has 0 spiro atoms. The number of carbonyl (C=O) groups is 4. The Morgan fingerprint density at radius 1 is 0.725 bits per heavy atom. The highest BCUT2D eigenvalue weighted by Crippen LogP contribution is 2.38. The van der Waals surface area contributed by atoms with Gasteiger partial charge in [0.05, 0.1) is 34.1 Å². The van der Waals surface area contributed by atoms with Gasteiger partial charge in [0.15, 0.2) is 5.75 Å². The van der Waals surface area contributed by atoms with Gasteiger partial charge in [0, 0.05) is 24.1 Å². The first-order valence-corrected chi connectivity index (χ1v) is 16.0. The molecule has 1 aromatic heterocycles. The first-order valence-electron chi connectivity index (χ1n) is 15.1. The smallest absolute Gasteiger partial charge is 0.343 e. The zero-order valence-electron chi connectivity index (χ0n) is 26.9. The third kappa shape index (κ3) is 9.44. The molecule has 0 aliphatic carbocycles. The quantitative estimate of drug-likeness (QED) is 0.0379. The van der Waals surface area contributed by atoms with E-state index in [9.17, 15) is 24.4 Å². The molecule has 0 saturated carbocycles. The standard InChI is InChI=1S/C38H28N2O10S/c1-3-32(41)48-22-46-29-14-9-27(10-15-29)37(43)45-20-19-25-13-18-31(34-35(25)51-36(40-34)26-7-5-24(21-39)6-8-26)50-38(44)28-11-16-30(17-12-28)47-23-49-33(42)4-2/h3-18H,1-2,19-20,22-23H2. The fourth-order valence-corrected chi connectivity index (χ4v) is 5.55. The van der Waals surface area contributed by atoms with Crippen molar-refractivity contribution in [3.05, 3.63) is 132 Å². The van der Waals surface area contributed by atoms with E-state index in [-0.39, 0.29) is 31.5 Å². The van der Waals surface area contributed by atoms with Crippen LogP contribution < -0.4 is 14.2 Å². The summed E-state index contributed by atoms with van der Waals surface area (Å²) in [6.07, 6.45) is 2.38. The lowest BCUT2D eigenvalue weighted by Gasteiger charge is -2.10. The van der Waals surface area contributed by atoms with E-state index < -0.39 is 23.9 Å². The van der Waals surface area contributed by atoms with Crippen LogP contribution in [0, 0.1) is 11.3 Å². The molecule has 12 nitrogen and oxygen atoms in total. The third-order valence-corrected chi connectivity index (χ3v) is 8.20. The lowest BCUT2D eigenvalue weighted by molar-refractivity contribution is -0.145. The van der Waals surface area contributed by atoms with Crippen molar-refractivity contribution in [3.63, 3.8) is 0 Å². The molecule has 5 aromatic rings. The van der Waals surface area contributed by atoms with Crippen LogP contribution in [0.15, 0.2) is 110 Å². The topological polar surface area (TPSA) is 160 Å². The minimum atomic E-state index is -0.635. The van der Waals surface area contributed by atoms with E-state index in [1.165, 1.54) is 47.7 Å². The summed E-state index contributed by atoms with van der Waals surface area (Å²) in [4.78, 5) is 53.0. The van der Waals surface area contributed by atoms with E-state index in [0.717, 1.165) is 28.0 Å². The predicted octanol–water partition coefficient (Wildman–Crippen LogP) is 6.58. The Morgan fingerprint density at radius 2 is 1.29 bits per heavy atom. The third-order valence-electron chi connectivity index (χ3n) is 7.02. The van der Waals surface area contributed by atoms with Gasteiger partial charge in [-0.2, -0.15) is 5.26 Å². The van der Waals surface area contributed by atoms with Crippen LogP contribution in [0.4, 0.5) is 0 Å². The number of carbonyl (C=O) groups excluding carboxylic acids is 4. The largest absolute Gasteiger partial charge is 0.462 e. The summed E-state index contributed by atoms with van der Waals surface area (Å²) in [5.74, 6) is -1.43. The first-order chi connectivity index (χ1) is 24.8. The number of nitriles is 1. The number of thiazole rings is 1. The first kappa shape index (κ1) is 35.5. The molecule has 0 fully saturated rings. The van der Waals surface area contributed by atoms with Crippen molar-refractivity contribution in [2.45, 2.75) is 6.42 Å². The molecule has 0 unspecified atom stereocenters. The van der Waals surface area contributed by atoms with Crippen molar-refractivity contribution < 1.29 is 47.6 Å². The molecule has 0 N–H and O–H groups in total. The average Bonchev–Trinajstić information content (AvgIpc) is 3.62. The van der Waals surface area contributed by atoms with Crippen molar-refractivity contribution in [2.24, 2.45) is 0 Å². The van der Waals surface area contributed by atoms with Crippen molar-refractivity contribution in [1.82, 2.24) is 4.98 Å². The maximum Gasteiger partial charge on any atom is 0.343 e. The Bertz CT molecular complexity index is 2120. The summed E-state index contributed by atoms with van der Waals surface area (Å²) >= 11 is 1.37. The van der Waals surface area contributed by atoms with Crippen LogP contribution in [-0.2, 0) is 30.2 Å². The molecule has 5 rings (SSSR count). The van der Waals surface area contributed by atoms with E-state index in [0.29, 0.717) is 39.6 Å². The summed E-state index contributed by atoms with van der Waals surface area (Å²) in [7, 11) is 0. The van der Waals surface area contributed by atoms with Gasteiger partial charge < -0.3 is 28.4 Å². The van der Waals surface area contributed by atoms with Crippen LogP contribution >= 0.6 is 11.3 Å². The average molecular weight is 705 g/mol. The fraction of sp³-hybridized carbons (Fsp3) is 0.105. The van der Waals surface area contributed by atoms with Gasteiger partial charge in [0.1, 0.15) is 22.0 Å². The number of aromatic nitrogens is 1. The van der Waals surface area contributed by atoms with Crippen molar-refractivity contribution in [3.8, 4) is 33.9 Å². The maximum absolute atomic E-state index is 13.2. The van der Waals surface area contributed by atoms with Crippen LogP contribution in [0.5, 0.6) is 17.2 Å². The second-order valence-electron chi connectivity index (χ2n) is 10.3. The SMILES string of the molecule is C=CC(=O)OCOc1ccc(C(=O)OCCc2ccc(OC(=O)c3ccc(OCOC(=O)C=C)cc3)c3nc(-c4ccc(C#N)cc4)sc23)cc1. The molecule has 0 bridgehead atoms. The highest BCUT2D eigenvalue weighted by molar-refractivity contribution is 7.21. The monoisotopic (exact) mass is 704 g/mol. The fourth-order valence-electron chi connectivity index (χ4n) is 4.43. The molecule has 4 aromatic carbocycles. The Hall–Kier alpha value is -6.78. The molecule has 0 aliphatic rings. The normalized spacial score (nSPS) is 10.3. The minimum absolute atomic E-state index is 0.0497. The Kier molecular flexibility index (Phi) is 11.9. The Balaban J connectivity index is 1.29. The highest BCUT2D eigenvalue weighted by Gasteiger charge is 2.19. The minimum Gasteiger partial charge on any atom is -0.462 e. The number of fused-ring (bicyclic) bond motifs is 1. The zero-order valence-corrected chi connectivity index (χ0v) is 27.7. The molecule has 0 atom stereocenters. The lowest BCUT2D eigenvalue weighted by atomic mass is 10.1. The summed E-state index contributed by atoms with van der Waals surface area (Å²) in [6.45, 7) is 6.06. The lowest BCUT2D eigenvalue weighted by Crippen LogP contribution is -2.10. The number of benzene rings is 4. The van der Waals surface area contributed by atoms with Crippen LogP contribution in [0.2, 0.25) is 0 Å². The zero-order chi connectivity index (χ0) is 36.2. The molecular weight excluding hydrogens is 676 g/mol. The molecule has 256 valence electrons. The van der Waals surface area contributed by atoms with Gasteiger partial charge in [-0.15, -0.1) is 11.3 Å². The summed E-state index contributed by atoms with van der Waals surface area (Å²) in [5.41, 5.74) is 3.07. The van der Waals surface area contributed by atoms with Gasteiger partial charge in [-0.1, -0.05) is 31.4 Å². The molecule has 13 heteroatoms. The van der Waals surface area contributed by atoms with Gasteiger partial charge in [0.2, 0.25) is 13.6 Å². The van der Waals surface area contributed by atoms with E-state index in [2.05, 4.69) is 19.2 Å². The molecule has 1 heterocycles. The van der Waals surface area contributed by atoms with Crippen LogP contribution in [0.3, 0.4) is 0 Å². The number of ether oxygens (including phenoxy) is 6. The van der Waals surface area contributed by atoms with Crippen molar-refractivity contribution in [2.75, 3.05) is 20.2 Å². The number of esters is 4. The van der Waals surface area contributed by atoms with Crippen LogP contribution in [0.1, 0.15) is 31.8 Å². The Morgan fingerprint density at radius 3 is 1.84 bits per heavy atom. The Labute approximate surface area is 295 Å². The molecular formula is C38H28N2O10S. The van der Waals surface area contributed by atoms with Gasteiger partial charge in [-0.05, 0) is 72.3 Å². The predicted molar refractivity (Wildman–Crippen MR) is 185 cm³/mol. The summed E-state index contributed by atoms with van der Waals surface area (Å²) in [6, 6.07) is 24.7.